The highest BCUT2D eigenvalue weighted by molar-refractivity contribution is 5.68. The van der Waals surface area contributed by atoms with Crippen LogP contribution in [0.15, 0.2) is 71.8 Å². The van der Waals surface area contributed by atoms with Crippen LogP contribution in [0.5, 0.6) is 0 Å². The van der Waals surface area contributed by atoms with E-state index in [9.17, 15) is 4.79 Å². The third-order valence-electron chi connectivity index (χ3n) is 2.96. The van der Waals surface area contributed by atoms with Crippen molar-refractivity contribution in [1.29, 1.82) is 0 Å². The summed E-state index contributed by atoms with van der Waals surface area (Å²) in [5.41, 5.74) is 3.81. The number of hydrogen-bond donors (Lipinski definition) is 1. The summed E-state index contributed by atoms with van der Waals surface area (Å²) in [5.74, 6) is 0. The molecule has 0 amide bonds. The molecule has 0 bridgehead atoms. The summed E-state index contributed by atoms with van der Waals surface area (Å²) in [6.07, 6.45) is 2.92. The van der Waals surface area contributed by atoms with E-state index < -0.39 is 0 Å². The second-order valence-electron chi connectivity index (χ2n) is 4.25. The van der Waals surface area contributed by atoms with Gasteiger partial charge in [-0.2, -0.15) is 0 Å². The highest BCUT2D eigenvalue weighted by Crippen LogP contribution is 2.22. The molecule has 3 nitrogen and oxygen atoms in total. The second-order valence-corrected chi connectivity index (χ2v) is 4.25. The molecule has 0 aliphatic heterocycles. The van der Waals surface area contributed by atoms with Gasteiger partial charge in [-0.1, -0.05) is 54.6 Å². The highest BCUT2D eigenvalue weighted by atomic mass is 16.1. The van der Waals surface area contributed by atoms with Crippen molar-refractivity contribution < 1.29 is 0 Å². The standard InChI is InChI=1S/C16H12N2O/c19-16-11-17-10-15(18-16)14-8-6-13(7-9-14)12-4-2-1-3-5-12/h1-11H,(H,18,19). The monoisotopic (exact) mass is 248 g/mol. The summed E-state index contributed by atoms with van der Waals surface area (Å²) in [4.78, 5) is 17.9. The molecule has 3 aromatic rings. The summed E-state index contributed by atoms with van der Waals surface area (Å²) < 4.78 is 0. The average Bonchev–Trinajstić information content (AvgIpc) is 2.48. The minimum atomic E-state index is -0.190. The Morgan fingerprint density at radius 1 is 0.737 bits per heavy atom. The zero-order valence-electron chi connectivity index (χ0n) is 10.2. The first-order valence-corrected chi connectivity index (χ1v) is 6.03. The summed E-state index contributed by atoms with van der Waals surface area (Å²) in [7, 11) is 0. The summed E-state index contributed by atoms with van der Waals surface area (Å²) in [5, 5.41) is 0. The Hall–Kier alpha value is -2.68. The van der Waals surface area contributed by atoms with Gasteiger partial charge in [0.2, 0.25) is 0 Å². The molecule has 92 valence electrons. The van der Waals surface area contributed by atoms with E-state index >= 15 is 0 Å². The predicted molar refractivity (Wildman–Crippen MR) is 75.7 cm³/mol. The molecule has 0 unspecified atom stereocenters. The van der Waals surface area contributed by atoms with Gasteiger partial charge in [0.1, 0.15) is 0 Å². The molecule has 0 saturated carbocycles. The molecule has 19 heavy (non-hydrogen) atoms. The van der Waals surface area contributed by atoms with Crippen molar-refractivity contribution in [2.24, 2.45) is 0 Å². The molecule has 3 rings (SSSR count). The first-order valence-electron chi connectivity index (χ1n) is 6.03. The van der Waals surface area contributed by atoms with Gasteiger partial charge in [0.05, 0.1) is 18.1 Å². The van der Waals surface area contributed by atoms with Crippen molar-refractivity contribution in [2.75, 3.05) is 0 Å². The van der Waals surface area contributed by atoms with Crippen LogP contribution >= 0.6 is 0 Å². The molecule has 0 radical (unpaired) electrons. The second kappa shape index (κ2) is 4.90. The lowest BCUT2D eigenvalue weighted by molar-refractivity contribution is 1.14. The molecule has 1 aromatic heterocycles. The lowest BCUT2D eigenvalue weighted by Crippen LogP contribution is -2.05. The fourth-order valence-electron chi connectivity index (χ4n) is 2.00. The Bertz CT molecular complexity index is 730. The van der Waals surface area contributed by atoms with Gasteiger partial charge < -0.3 is 4.98 Å². The van der Waals surface area contributed by atoms with Crippen molar-refractivity contribution in [1.82, 2.24) is 9.97 Å². The molecule has 0 aliphatic carbocycles. The largest absolute Gasteiger partial charge is 0.319 e. The van der Waals surface area contributed by atoms with Crippen molar-refractivity contribution in [3.63, 3.8) is 0 Å². The topological polar surface area (TPSA) is 45.8 Å². The number of hydrogen-bond acceptors (Lipinski definition) is 2. The van der Waals surface area contributed by atoms with E-state index in [4.69, 9.17) is 0 Å². The van der Waals surface area contributed by atoms with Gasteiger partial charge in [-0.25, -0.2) is 0 Å². The number of nitrogens with zero attached hydrogens (tertiary/aromatic N) is 1. The molecular weight excluding hydrogens is 236 g/mol. The van der Waals surface area contributed by atoms with E-state index in [-0.39, 0.29) is 5.56 Å². The van der Waals surface area contributed by atoms with Crippen LogP contribution in [0.2, 0.25) is 0 Å². The summed E-state index contributed by atoms with van der Waals surface area (Å²) in [6.45, 7) is 0. The van der Waals surface area contributed by atoms with Crippen LogP contribution in [0.25, 0.3) is 22.4 Å². The van der Waals surface area contributed by atoms with E-state index in [1.165, 1.54) is 11.8 Å². The van der Waals surface area contributed by atoms with E-state index in [0.717, 1.165) is 16.8 Å². The van der Waals surface area contributed by atoms with E-state index in [1.807, 2.05) is 42.5 Å². The van der Waals surface area contributed by atoms with E-state index in [2.05, 4.69) is 22.1 Å². The Labute approximate surface area is 110 Å². The van der Waals surface area contributed by atoms with Crippen molar-refractivity contribution in [3.8, 4) is 22.4 Å². The minimum Gasteiger partial charge on any atom is -0.319 e. The number of benzene rings is 2. The first-order chi connectivity index (χ1) is 9.33. The maximum absolute atomic E-state index is 11.2. The van der Waals surface area contributed by atoms with Gasteiger partial charge in [-0.05, 0) is 16.7 Å². The molecule has 0 saturated heterocycles. The molecule has 0 fully saturated rings. The molecule has 1 N–H and O–H groups in total. The maximum atomic E-state index is 11.2. The van der Waals surface area contributed by atoms with Crippen LogP contribution in [-0.4, -0.2) is 9.97 Å². The molecule has 0 spiro atoms. The Morgan fingerprint density at radius 2 is 1.37 bits per heavy atom. The van der Waals surface area contributed by atoms with Crippen LogP contribution in [-0.2, 0) is 0 Å². The third-order valence-corrected chi connectivity index (χ3v) is 2.96. The number of aromatic amines is 1. The van der Waals surface area contributed by atoms with Crippen molar-refractivity contribution in [2.45, 2.75) is 0 Å². The van der Waals surface area contributed by atoms with E-state index in [0.29, 0.717) is 0 Å². The van der Waals surface area contributed by atoms with Crippen molar-refractivity contribution in [3.05, 3.63) is 77.3 Å². The molecule has 1 heterocycles. The van der Waals surface area contributed by atoms with Gasteiger partial charge in [-0.3, -0.25) is 9.78 Å². The van der Waals surface area contributed by atoms with Crippen LogP contribution in [0.3, 0.4) is 0 Å². The summed E-state index contributed by atoms with van der Waals surface area (Å²) in [6, 6.07) is 18.2. The smallest absolute Gasteiger partial charge is 0.266 e. The zero-order chi connectivity index (χ0) is 13.1. The molecule has 2 aromatic carbocycles. The molecule has 3 heteroatoms. The van der Waals surface area contributed by atoms with Gasteiger partial charge in [0.15, 0.2) is 0 Å². The Morgan fingerprint density at radius 3 is 2.05 bits per heavy atom. The Kier molecular flexibility index (Phi) is 2.94. The van der Waals surface area contributed by atoms with E-state index in [1.54, 1.807) is 6.20 Å². The van der Waals surface area contributed by atoms with Crippen LogP contribution < -0.4 is 5.56 Å². The lowest BCUT2D eigenvalue weighted by Gasteiger charge is -2.04. The zero-order valence-corrected chi connectivity index (χ0v) is 10.2. The van der Waals surface area contributed by atoms with Crippen molar-refractivity contribution >= 4 is 0 Å². The quantitative estimate of drug-likeness (QED) is 0.757. The van der Waals surface area contributed by atoms with Crippen LogP contribution in [0.1, 0.15) is 0 Å². The number of aromatic nitrogens is 2. The van der Waals surface area contributed by atoms with Crippen LogP contribution in [0, 0.1) is 0 Å². The molecular formula is C16H12N2O. The first kappa shape index (κ1) is 11.4. The average molecular weight is 248 g/mol. The number of rotatable bonds is 2. The van der Waals surface area contributed by atoms with Crippen LogP contribution in [0.4, 0.5) is 0 Å². The Balaban J connectivity index is 1.98. The fraction of sp³-hybridized carbons (Fsp3) is 0. The van der Waals surface area contributed by atoms with Gasteiger partial charge in [-0.15, -0.1) is 0 Å². The molecule has 0 atom stereocenters. The third kappa shape index (κ3) is 2.45. The maximum Gasteiger partial charge on any atom is 0.266 e. The van der Waals surface area contributed by atoms with Gasteiger partial charge in [0, 0.05) is 0 Å². The number of nitrogens with one attached hydrogen (secondary N) is 1. The van der Waals surface area contributed by atoms with Gasteiger partial charge in [0.25, 0.3) is 5.56 Å². The number of H-pyrrole nitrogens is 1. The summed E-state index contributed by atoms with van der Waals surface area (Å²) >= 11 is 0. The normalized spacial score (nSPS) is 10.3. The highest BCUT2D eigenvalue weighted by Gasteiger charge is 2.00. The molecule has 0 aliphatic rings. The van der Waals surface area contributed by atoms with Gasteiger partial charge >= 0.3 is 0 Å². The SMILES string of the molecule is O=c1cncc(-c2ccc(-c3ccccc3)cc2)[nH]1. The fourth-order valence-corrected chi connectivity index (χ4v) is 2.00. The lowest BCUT2D eigenvalue weighted by atomic mass is 10.0. The minimum absolute atomic E-state index is 0.190. The predicted octanol–water partition coefficient (Wildman–Crippen LogP) is 3.10.